The Bertz CT molecular complexity index is 792. The molecule has 0 atom stereocenters. The van der Waals surface area contributed by atoms with Crippen LogP contribution in [0, 0.1) is 0 Å². The standard InChI is InChI=1S/C14H12BrClO5S/c1-19-10-4-3-5-11(8-10)21-22(17,18)13-7-9(16)6-12(15)14(13)20-2/h3-8H,1-2H3. The fraction of sp³-hybridized carbons (Fsp3) is 0.143. The van der Waals surface area contributed by atoms with E-state index in [1.807, 2.05) is 0 Å². The molecule has 0 spiro atoms. The van der Waals surface area contributed by atoms with Gasteiger partial charge in [-0.3, -0.25) is 0 Å². The molecular formula is C14H12BrClO5S. The van der Waals surface area contributed by atoms with Crippen molar-refractivity contribution in [3.8, 4) is 17.2 Å². The van der Waals surface area contributed by atoms with Crippen molar-refractivity contribution in [3.05, 3.63) is 45.9 Å². The van der Waals surface area contributed by atoms with Crippen molar-refractivity contribution in [2.45, 2.75) is 4.90 Å². The van der Waals surface area contributed by atoms with Gasteiger partial charge in [-0.25, -0.2) is 0 Å². The second-order valence-corrected chi connectivity index (χ2v) is 6.94. The Morgan fingerprint density at radius 2 is 1.73 bits per heavy atom. The molecule has 0 amide bonds. The average Bonchev–Trinajstić information content (AvgIpc) is 2.46. The normalized spacial score (nSPS) is 11.1. The number of benzene rings is 2. The molecule has 0 aromatic heterocycles. The highest BCUT2D eigenvalue weighted by Gasteiger charge is 2.25. The Hall–Kier alpha value is -1.44. The van der Waals surface area contributed by atoms with Crippen LogP contribution >= 0.6 is 27.5 Å². The number of hydrogen-bond acceptors (Lipinski definition) is 5. The Balaban J connectivity index is 2.46. The maximum absolute atomic E-state index is 12.5. The molecule has 2 aromatic carbocycles. The lowest BCUT2D eigenvalue weighted by Gasteiger charge is -2.13. The highest BCUT2D eigenvalue weighted by molar-refractivity contribution is 9.10. The van der Waals surface area contributed by atoms with E-state index in [0.717, 1.165) is 0 Å². The topological polar surface area (TPSA) is 61.8 Å². The minimum Gasteiger partial charge on any atom is -0.497 e. The lowest BCUT2D eigenvalue weighted by Crippen LogP contribution is -2.11. The average molecular weight is 408 g/mol. The third kappa shape index (κ3) is 3.66. The van der Waals surface area contributed by atoms with Gasteiger partial charge in [-0.15, -0.1) is 0 Å². The number of methoxy groups -OCH3 is 2. The SMILES string of the molecule is COc1cccc(OS(=O)(=O)c2cc(Cl)cc(Br)c2OC)c1. The van der Waals surface area contributed by atoms with E-state index in [-0.39, 0.29) is 21.4 Å². The maximum atomic E-state index is 12.5. The summed E-state index contributed by atoms with van der Waals surface area (Å²) in [6, 6.07) is 9.06. The molecule has 0 radical (unpaired) electrons. The summed E-state index contributed by atoms with van der Waals surface area (Å²) in [6.07, 6.45) is 0. The zero-order valence-corrected chi connectivity index (χ0v) is 14.8. The summed E-state index contributed by atoms with van der Waals surface area (Å²) in [5, 5.41) is 0.237. The van der Waals surface area contributed by atoms with E-state index in [2.05, 4.69) is 15.9 Å². The first-order valence-electron chi connectivity index (χ1n) is 5.99. The van der Waals surface area contributed by atoms with Crippen LogP contribution in [0.1, 0.15) is 0 Å². The Labute approximate surface area is 142 Å². The van der Waals surface area contributed by atoms with Gasteiger partial charge in [0.05, 0.1) is 18.7 Å². The van der Waals surface area contributed by atoms with Crippen LogP contribution in [0.5, 0.6) is 17.2 Å². The first kappa shape index (κ1) is 16.9. The first-order valence-corrected chi connectivity index (χ1v) is 8.57. The van der Waals surface area contributed by atoms with Gasteiger partial charge in [0.25, 0.3) is 0 Å². The van der Waals surface area contributed by atoms with Crippen molar-refractivity contribution >= 4 is 37.6 Å². The smallest absolute Gasteiger partial charge is 0.343 e. The van der Waals surface area contributed by atoms with Crippen molar-refractivity contribution < 1.29 is 22.1 Å². The van der Waals surface area contributed by atoms with E-state index < -0.39 is 10.1 Å². The van der Waals surface area contributed by atoms with Crippen LogP contribution in [0.2, 0.25) is 5.02 Å². The van der Waals surface area contributed by atoms with Crippen LogP contribution < -0.4 is 13.7 Å². The van der Waals surface area contributed by atoms with E-state index >= 15 is 0 Å². The Morgan fingerprint density at radius 1 is 1.05 bits per heavy atom. The molecule has 0 saturated heterocycles. The zero-order valence-electron chi connectivity index (χ0n) is 11.7. The van der Waals surface area contributed by atoms with Gasteiger partial charge in [0.1, 0.15) is 11.5 Å². The summed E-state index contributed by atoms with van der Waals surface area (Å²) in [6.45, 7) is 0. The second-order valence-electron chi connectivity index (χ2n) is 4.14. The molecule has 0 heterocycles. The van der Waals surface area contributed by atoms with Gasteiger partial charge in [-0.05, 0) is 40.2 Å². The van der Waals surface area contributed by atoms with Gasteiger partial charge in [0, 0.05) is 11.1 Å². The van der Waals surface area contributed by atoms with E-state index in [1.165, 1.54) is 38.5 Å². The van der Waals surface area contributed by atoms with Gasteiger partial charge < -0.3 is 13.7 Å². The van der Waals surface area contributed by atoms with Gasteiger partial charge in [0.15, 0.2) is 10.6 Å². The fourth-order valence-corrected chi connectivity index (χ4v) is 4.05. The third-order valence-electron chi connectivity index (χ3n) is 2.69. The minimum absolute atomic E-state index is 0.118. The molecule has 0 fully saturated rings. The largest absolute Gasteiger partial charge is 0.497 e. The summed E-state index contributed by atoms with van der Waals surface area (Å²) in [4.78, 5) is -0.169. The van der Waals surface area contributed by atoms with Gasteiger partial charge in [-0.2, -0.15) is 8.42 Å². The lowest BCUT2D eigenvalue weighted by molar-refractivity contribution is 0.395. The second kappa shape index (κ2) is 6.76. The van der Waals surface area contributed by atoms with Crippen molar-refractivity contribution in [2.24, 2.45) is 0 Å². The highest BCUT2D eigenvalue weighted by atomic mass is 79.9. The van der Waals surface area contributed by atoms with Crippen LogP contribution in [-0.2, 0) is 10.1 Å². The number of halogens is 2. The molecule has 118 valence electrons. The van der Waals surface area contributed by atoms with Crippen molar-refractivity contribution in [2.75, 3.05) is 14.2 Å². The quantitative estimate of drug-likeness (QED) is 0.704. The summed E-state index contributed by atoms with van der Waals surface area (Å²) < 4.78 is 40.6. The van der Waals surface area contributed by atoms with Crippen LogP contribution in [0.4, 0.5) is 0 Å². The molecule has 8 heteroatoms. The molecule has 22 heavy (non-hydrogen) atoms. The van der Waals surface area contributed by atoms with Crippen LogP contribution in [0.3, 0.4) is 0 Å². The highest BCUT2D eigenvalue weighted by Crippen LogP contribution is 2.36. The predicted molar refractivity (Wildman–Crippen MR) is 86.5 cm³/mol. The molecular weight excluding hydrogens is 396 g/mol. The van der Waals surface area contributed by atoms with E-state index in [0.29, 0.717) is 10.2 Å². The molecule has 0 aliphatic heterocycles. The zero-order chi connectivity index (χ0) is 16.3. The van der Waals surface area contributed by atoms with Crippen molar-refractivity contribution in [1.82, 2.24) is 0 Å². The fourth-order valence-electron chi connectivity index (χ4n) is 1.75. The molecule has 0 bridgehead atoms. The molecule has 0 aliphatic carbocycles. The summed E-state index contributed by atoms with van der Waals surface area (Å²) >= 11 is 9.12. The molecule has 2 aromatic rings. The number of ether oxygens (including phenoxy) is 2. The first-order chi connectivity index (χ1) is 10.4. The molecule has 0 saturated carbocycles. The molecule has 0 unspecified atom stereocenters. The third-order valence-corrected chi connectivity index (χ3v) is 4.76. The summed E-state index contributed by atoms with van der Waals surface area (Å²) in [5.41, 5.74) is 0. The van der Waals surface area contributed by atoms with E-state index in [1.54, 1.807) is 12.1 Å². The van der Waals surface area contributed by atoms with E-state index in [4.69, 9.17) is 25.3 Å². The maximum Gasteiger partial charge on any atom is 0.343 e. The Kier molecular flexibility index (Phi) is 5.20. The molecule has 0 N–H and O–H groups in total. The van der Waals surface area contributed by atoms with E-state index in [9.17, 15) is 8.42 Å². The monoisotopic (exact) mass is 406 g/mol. The molecule has 2 rings (SSSR count). The lowest BCUT2D eigenvalue weighted by atomic mass is 10.3. The van der Waals surface area contributed by atoms with Gasteiger partial charge >= 0.3 is 10.1 Å². The molecule has 0 aliphatic rings. The summed E-state index contributed by atoms with van der Waals surface area (Å²) in [5.74, 6) is 0.719. The van der Waals surface area contributed by atoms with Gasteiger partial charge in [-0.1, -0.05) is 17.7 Å². The minimum atomic E-state index is -4.12. The predicted octanol–water partition coefficient (Wildman–Crippen LogP) is 3.89. The van der Waals surface area contributed by atoms with Crippen molar-refractivity contribution in [1.29, 1.82) is 0 Å². The van der Waals surface area contributed by atoms with Gasteiger partial charge in [0.2, 0.25) is 0 Å². The molecule has 5 nitrogen and oxygen atoms in total. The van der Waals surface area contributed by atoms with Crippen LogP contribution in [0.15, 0.2) is 45.8 Å². The van der Waals surface area contributed by atoms with Crippen LogP contribution in [0.25, 0.3) is 0 Å². The number of rotatable bonds is 5. The van der Waals surface area contributed by atoms with Crippen molar-refractivity contribution in [3.63, 3.8) is 0 Å². The van der Waals surface area contributed by atoms with Crippen LogP contribution in [-0.4, -0.2) is 22.6 Å². The summed E-state index contributed by atoms with van der Waals surface area (Å²) in [7, 11) is -1.28. The Morgan fingerprint density at radius 3 is 2.36 bits per heavy atom. The number of hydrogen-bond donors (Lipinski definition) is 0.